The molecule has 1 aromatic heterocycles. The molecule has 0 aliphatic carbocycles. The number of piperidine rings is 1. The van der Waals surface area contributed by atoms with E-state index in [2.05, 4.69) is 35.0 Å². The molecule has 3 rings (SSSR count). The van der Waals surface area contributed by atoms with Crippen molar-refractivity contribution in [1.29, 1.82) is 0 Å². The Balaban J connectivity index is 1.69. The van der Waals surface area contributed by atoms with Crippen molar-refractivity contribution < 1.29 is 0 Å². The fourth-order valence-corrected chi connectivity index (χ4v) is 3.38. The highest BCUT2D eigenvalue weighted by Gasteiger charge is 2.19. The van der Waals surface area contributed by atoms with Gasteiger partial charge < -0.3 is 5.73 Å². The lowest BCUT2D eigenvalue weighted by Gasteiger charge is -2.32. The van der Waals surface area contributed by atoms with Gasteiger partial charge in [-0.05, 0) is 44.0 Å². The van der Waals surface area contributed by atoms with Crippen molar-refractivity contribution in [3.05, 3.63) is 35.9 Å². The zero-order chi connectivity index (χ0) is 14.7. The van der Waals surface area contributed by atoms with Gasteiger partial charge in [0.1, 0.15) is 5.82 Å². The van der Waals surface area contributed by atoms with Crippen LogP contribution in [-0.2, 0) is 6.54 Å². The first kappa shape index (κ1) is 14.3. The summed E-state index contributed by atoms with van der Waals surface area (Å²) >= 11 is 0. The average molecular weight is 283 g/mol. The number of anilines is 1. The molecular formula is C18H25N3. The van der Waals surface area contributed by atoms with E-state index in [9.17, 15) is 0 Å². The topological polar surface area (TPSA) is 42.2 Å². The maximum absolute atomic E-state index is 6.14. The van der Waals surface area contributed by atoms with Gasteiger partial charge in [0.15, 0.2) is 0 Å². The van der Waals surface area contributed by atoms with E-state index in [1.807, 2.05) is 12.1 Å². The van der Waals surface area contributed by atoms with Crippen LogP contribution in [0, 0.1) is 5.92 Å². The Labute approximate surface area is 127 Å². The van der Waals surface area contributed by atoms with Gasteiger partial charge in [-0.1, -0.05) is 38.0 Å². The molecule has 1 aliphatic rings. The van der Waals surface area contributed by atoms with Crippen molar-refractivity contribution in [3.63, 3.8) is 0 Å². The monoisotopic (exact) mass is 283 g/mol. The molecule has 3 heteroatoms. The van der Waals surface area contributed by atoms with Gasteiger partial charge in [-0.3, -0.25) is 4.90 Å². The van der Waals surface area contributed by atoms with Gasteiger partial charge in [0.05, 0.1) is 5.52 Å². The zero-order valence-corrected chi connectivity index (χ0v) is 12.9. The number of aromatic nitrogens is 1. The first-order valence-corrected chi connectivity index (χ1v) is 8.12. The van der Waals surface area contributed by atoms with Gasteiger partial charge in [0.25, 0.3) is 0 Å². The molecule has 0 radical (unpaired) electrons. The van der Waals surface area contributed by atoms with Crippen molar-refractivity contribution in [2.24, 2.45) is 5.92 Å². The largest absolute Gasteiger partial charge is 0.383 e. The molecule has 0 bridgehead atoms. The molecular weight excluding hydrogens is 258 g/mol. The second kappa shape index (κ2) is 6.44. The lowest BCUT2D eigenvalue weighted by atomic mass is 9.92. The third-order valence-electron chi connectivity index (χ3n) is 4.63. The maximum Gasteiger partial charge on any atom is 0.128 e. The van der Waals surface area contributed by atoms with E-state index in [4.69, 9.17) is 5.73 Å². The maximum atomic E-state index is 6.14. The van der Waals surface area contributed by atoms with Crippen LogP contribution in [0.5, 0.6) is 0 Å². The lowest BCUT2D eigenvalue weighted by molar-refractivity contribution is 0.172. The van der Waals surface area contributed by atoms with Crippen LogP contribution in [0.4, 0.5) is 5.82 Å². The summed E-state index contributed by atoms with van der Waals surface area (Å²) < 4.78 is 0. The summed E-state index contributed by atoms with van der Waals surface area (Å²) in [5, 5.41) is 1.18. The number of nitrogens with two attached hydrogens (primary N) is 1. The molecule has 0 unspecified atom stereocenters. The Morgan fingerprint density at radius 3 is 2.76 bits per heavy atom. The quantitative estimate of drug-likeness (QED) is 0.927. The number of pyridine rings is 1. The van der Waals surface area contributed by atoms with Crippen molar-refractivity contribution in [3.8, 4) is 0 Å². The number of hydrogen-bond donors (Lipinski definition) is 1. The Morgan fingerprint density at radius 1 is 1.24 bits per heavy atom. The van der Waals surface area contributed by atoms with Gasteiger partial charge in [-0.2, -0.15) is 0 Å². The first-order valence-electron chi connectivity index (χ1n) is 8.12. The average Bonchev–Trinajstić information content (AvgIpc) is 2.50. The molecule has 1 aliphatic heterocycles. The van der Waals surface area contributed by atoms with E-state index in [1.54, 1.807) is 0 Å². The highest BCUT2D eigenvalue weighted by atomic mass is 15.1. The minimum Gasteiger partial charge on any atom is -0.383 e. The van der Waals surface area contributed by atoms with E-state index >= 15 is 0 Å². The predicted octanol–water partition coefficient (Wildman–Crippen LogP) is 3.83. The molecule has 1 aromatic carbocycles. The predicted molar refractivity (Wildman–Crippen MR) is 89.1 cm³/mol. The van der Waals surface area contributed by atoms with Crippen LogP contribution in [0.15, 0.2) is 30.3 Å². The normalized spacial score (nSPS) is 17.4. The van der Waals surface area contributed by atoms with E-state index in [-0.39, 0.29) is 0 Å². The molecule has 1 fully saturated rings. The van der Waals surface area contributed by atoms with Crippen LogP contribution >= 0.6 is 0 Å². The van der Waals surface area contributed by atoms with Gasteiger partial charge in [0, 0.05) is 17.5 Å². The van der Waals surface area contributed by atoms with E-state index < -0.39 is 0 Å². The van der Waals surface area contributed by atoms with Crippen molar-refractivity contribution in [2.45, 2.75) is 39.2 Å². The molecule has 0 amide bonds. The summed E-state index contributed by atoms with van der Waals surface area (Å²) in [6.07, 6.45) is 5.35. The van der Waals surface area contributed by atoms with E-state index in [0.717, 1.165) is 18.0 Å². The Bertz CT molecular complexity index is 600. The van der Waals surface area contributed by atoms with E-state index in [1.165, 1.54) is 49.7 Å². The van der Waals surface area contributed by atoms with Gasteiger partial charge in [0.2, 0.25) is 0 Å². The Kier molecular flexibility index (Phi) is 4.39. The lowest BCUT2D eigenvalue weighted by Crippen LogP contribution is -2.33. The number of rotatable bonds is 4. The van der Waals surface area contributed by atoms with Crippen LogP contribution in [0.3, 0.4) is 0 Å². The molecule has 2 aromatic rings. The summed E-state index contributed by atoms with van der Waals surface area (Å²) in [7, 11) is 0. The molecule has 2 N–H and O–H groups in total. The van der Waals surface area contributed by atoms with Crippen LogP contribution < -0.4 is 5.73 Å². The molecule has 2 heterocycles. The number of benzene rings is 1. The number of nitrogens with zero attached hydrogens (tertiary/aromatic N) is 2. The summed E-state index contributed by atoms with van der Waals surface area (Å²) in [6.45, 7) is 5.60. The van der Waals surface area contributed by atoms with Gasteiger partial charge in [-0.25, -0.2) is 4.98 Å². The molecule has 0 saturated carbocycles. The smallest absolute Gasteiger partial charge is 0.128 e. The fourth-order valence-electron chi connectivity index (χ4n) is 3.38. The number of fused-ring (bicyclic) bond motifs is 1. The second-order valence-corrected chi connectivity index (χ2v) is 6.23. The van der Waals surface area contributed by atoms with Crippen LogP contribution in [0.1, 0.15) is 38.2 Å². The van der Waals surface area contributed by atoms with Crippen molar-refractivity contribution in [2.75, 3.05) is 18.8 Å². The SMILES string of the molecule is CCCC1CCN(Cc2cc3ccccc3nc2N)CC1. The number of para-hydroxylation sites is 1. The second-order valence-electron chi connectivity index (χ2n) is 6.23. The third-order valence-corrected chi connectivity index (χ3v) is 4.63. The van der Waals surface area contributed by atoms with Crippen molar-refractivity contribution >= 4 is 16.7 Å². The Hall–Kier alpha value is -1.61. The molecule has 21 heavy (non-hydrogen) atoms. The molecule has 1 saturated heterocycles. The number of hydrogen-bond acceptors (Lipinski definition) is 3. The van der Waals surface area contributed by atoms with Crippen LogP contribution in [0.25, 0.3) is 10.9 Å². The first-order chi connectivity index (χ1) is 10.3. The summed E-state index contributed by atoms with van der Waals surface area (Å²) in [6, 6.07) is 10.4. The highest BCUT2D eigenvalue weighted by molar-refractivity contribution is 5.81. The van der Waals surface area contributed by atoms with Gasteiger partial charge in [-0.15, -0.1) is 0 Å². The minimum atomic E-state index is 0.685. The standard InChI is InChI=1S/C18H25N3/c1-2-5-14-8-10-21(11-9-14)13-16-12-15-6-3-4-7-17(15)20-18(16)19/h3-4,6-7,12,14H,2,5,8-11,13H2,1H3,(H2,19,20). The zero-order valence-electron chi connectivity index (χ0n) is 12.9. The van der Waals surface area contributed by atoms with Crippen LogP contribution in [0.2, 0.25) is 0 Å². The third kappa shape index (κ3) is 3.35. The Morgan fingerprint density at radius 2 is 2.00 bits per heavy atom. The molecule has 0 spiro atoms. The van der Waals surface area contributed by atoms with Crippen LogP contribution in [-0.4, -0.2) is 23.0 Å². The molecule has 112 valence electrons. The van der Waals surface area contributed by atoms with Crippen molar-refractivity contribution in [1.82, 2.24) is 9.88 Å². The summed E-state index contributed by atoms with van der Waals surface area (Å²) in [5.74, 6) is 1.61. The molecule has 3 nitrogen and oxygen atoms in total. The molecule has 0 atom stereocenters. The van der Waals surface area contributed by atoms with Gasteiger partial charge >= 0.3 is 0 Å². The fraction of sp³-hybridized carbons (Fsp3) is 0.500. The highest BCUT2D eigenvalue weighted by Crippen LogP contribution is 2.25. The minimum absolute atomic E-state index is 0.685. The number of nitrogen functional groups attached to an aromatic ring is 1. The number of likely N-dealkylation sites (tertiary alicyclic amines) is 1. The summed E-state index contributed by atoms with van der Waals surface area (Å²) in [5.41, 5.74) is 8.30. The van der Waals surface area contributed by atoms with E-state index in [0.29, 0.717) is 5.82 Å². The summed E-state index contributed by atoms with van der Waals surface area (Å²) in [4.78, 5) is 7.06.